The molecule has 0 aromatic heterocycles. The second kappa shape index (κ2) is 8.63. The van der Waals surface area contributed by atoms with Crippen LogP contribution < -0.4 is 5.32 Å². The highest BCUT2D eigenvalue weighted by molar-refractivity contribution is 5.89. The predicted molar refractivity (Wildman–Crippen MR) is 74.5 cm³/mol. The zero-order valence-corrected chi connectivity index (χ0v) is 11.6. The summed E-state index contributed by atoms with van der Waals surface area (Å²) in [6.07, 6.45) is 0. The van der Waals surface area contributed by atoms with E-state index < -0.39 is 5.97 Å². The Balaban J connectivity index is 2.21. The van der Waals surface area contributed by atoms with E-state index in [4.69, 9.17) is 9.84 Å². The molecule has 5 nitrogen and oxygen atoms in total. The average Bonchev–Trinajstić information content (AvgIpc) is 2.37. The third-order valence-electron chi connectivity index (χ3n) is 2.67. The second-order valence-electron chi connectivity index (χ2n) is 4.55. The van der Waals surface area contributed by atoms with Gasteiger partial charge in [0, 0.05) is 19.6 Å². The molecule has 1 aromatic rings. The molecule has 1 rings (SSSR count). The summed E-state index contributed by atoms with van der Waals surface area (Å²) in [5, 5.41) is 12.2. The lowest BCUT2D eigenvalue weighted by atomic mass is 10.1. The Morgan fingerprint density at radius 2 is 2.05 bits per heavy atom. The topological polar surface area (TPSA) is 61.8 Å². The van der Waals surface area contributed by atoms with E-state index in [-0.39, 0.29) is 0 Å². The third-order valence-corrected chi connectivity index (χ3v) is 2.67. The first kappa shape index (κ1) is 15.6. The van der Waals surface area contributed by atoms with Crippen molar-refractivity contribution in [2.24, 2.45) is 0 Å². The first-order valence-corrected chi connectivity index (χ1v) is 6.35. The van der Waals surface area contributed by atoms with E-state index in [0.29, 0.717) is 31.9 Å². The van der Waals surface area contributed by atoms with E-state index >= 15 is 0 Å². The molecule has 0 aliphatic carbocycles. The maximum atomic E-state index is 11.0. The number of nitrogens with zero attached hydrogens (tertiary/aromatic N) is 1. The molecule has 0 saturated heterocycles. The summed E-state index contributed by atoms with van der Waals surface area (Å²) in [7, 11) is 4.01. The number of carbonyl (C=O) groups is 1. The van der Waals surface area contributed by atoms with Gasteiger partial charge >= 0.3 is 5.97 Å². The molecular weight excluding hydrogens is 244 g/mol. The smallest absolute Gasteiger partial charge is 0.336 e. The molecule has 0 spiro atoms. The number of nitrogens with one attached hydrogen (secondary N) is 1. The molecule has 0 heterocycles. The minimum absolute atomic E-state index is 0.350. The van der Waals surface area contributed by atoms with Crippen molar-refractivity contribution in [3.8, 4) is 0 Å². The summed E-state index contributed by atoms with van der Waals surface area (Å²) in [6.45, 7) is 3.49. The van der Waals surface area contributed by atoms with Gasteiger partial charge in [-0.15, -0.1) is 0 Å². The molecular formula is C14H22N2O3. The van der Waals surface area contributed by atoms with E-state index in [1.165, 1.54) is 0 Å². The average molecular weight is 266 g/mol. The van der Waals surface area contributed by atoms with E-state index in [0.717, 1.165) is 12.1 Å². The SMILES string of the molecule is CN(C)CCOCCNCc1ccccc1C(=O)O. The lowest BCUT2D eigenvalue weighted by Gasteiger charge is -2.11. The van der Waals surface area contributed by atoms with Gasteiger partial charge in [-0.25, -0.2) is 4.79 Å². The maximum absolute atomic E-state index is 11.0. The van der Waals surface area contributed by atoms with Gasteiger partial charge in [0.05, 0.1) is 18.8 Å². The van der Waals surface area contributed by atoms with Gasteiger partial charge in [0.25, 0.3) is 0 Å². The second-order valence-corrected chi connectivity index (χ2v) is 4.55. The summed E-state index contributed by atoms with van der Waals surface area (Å²) in [6, 6.07) is 7.02. The van der Waals surface area contributed by atoms with Crippen LogP contribution in [0.3, 0.4) is 0 Å². The van der Waals surface area contributed by atoms with Gasteiger partial charge in [-0.2, -0.15) is 0 Å². The Kier molecular flexibility index (Phi) is 7.10. The number of benzene rings is 1. The monoisotopic (exact) mass is 266 g/mol. The van der Waals surface area contributed by atoms with Crippen molar-refractivity contribution >= 4 is 5.97 Å². The minimum atomic E-state index is -0.889. The van der Waals surface area contributed by atoms with Crippen LogP contribution in [0, 0.1) is 0 Å². The number of hydrogen-bond acceptors (Lipinski definition) is 4. The molecule has 0 atom stereocenters. The number of carboxylic acid groups (broad SMARTS) is 1. The molecule has 0 aliphatic rings. The van der Waals surface area contributed by atoms with Crippen LogP contribution >= 0.6 is 0 Å². The Morgan fingerprint density at radius 3 is 2.74 bits per heavy atom. The third kappa shape index (κ3) is 6.33. The Morgan fingerprint density at radius 1 is 1.32 bits per heavy atom. The summed E-state index contributed by atoms with van der Waals surface area (Å²) >= 11 is 0. The fourth-order valence-corrected chi connectivity index (χ4v) is 1.60. The highest BCUT2D eigenvalue weighted by atomic mass is 16.5. The van der Waals surface area contributed by atoms with Gasteiger partial charge in [0.15, 0.2) is 0 Å². The van der Waals surface area contributed by atoms with Crippen molar-refractivity contribution in [1.82, 2.24) is 10.2 Å². The van der Waals surface area contributed by atoms with E-state index in [9.17, 15) is 4.79 Å². The quantitative estimate of drug-likeness (QED) is 0.654. The molecule has 5 heteroatoms. The van der Waals surface area contributed by atoms with Gasteiger partial charge in [-0.3, -0.25) is 0 Å². The largest absolute Gasteiger partial charge is 0.478 e. The van der Waals surface area contributed by atoms with Crippen molar-refractivity contribution in [3.05, 3.63) is 35.4 Å². The van der Waals surface area contributed by atoms with Crippen molar-refractivity contribution in [2.45, 2.75) is 6.54 Å². The lowest BCUT2D eigenvalue weighted by Crippen LogP contribution is -2.23. The molecule has 0 aliphatic heterocycles. The molecule has 106 valence electrons. The maximum Gasteiger partial charge on any atom is 0.336 e. The van der Waals surface area contributed by atoms with Crippen LogP contribution in [0.1, 0.15) is 15.9 Å². The molecule has 0 bridgehead atoms. The van der Waals surface area contributed by atoms with Crippen LogP contribution in [0.2, 0.25) is 0 Å². The van der Waals surface area contributed by atoms with Crippen LogP contribution in [-0.4, -0.2) is 56.4 Å². The Bertz CT molecular complexity index is 394. The zero-order chi connectivity index (χ0) is 14.1. The van der Waals surface area contributed by atoms with Crippen LogP contribution in [0.5, 0.6) is 0 Å². The summed E-state index contributed by atoms with van der Waals surface area (Å²) in [5.41, 5.74) is 1.15. The zero-order valence-electron chi connectivity index (χ0n) is 11.6. The van der Waals surface area contributed by atoms with Crippen molar-refractivity contribution in [2.75, 3.05) is 40.4 Å². The Hall–Kier alpha value is -1.43. The van der Waals surface area contributed by atoms with Crippen LogP contribution in [-0.2, 0) is 11.3 Å². The van der Waals surface area contributed by atoms with E-state index in [1.807, 2.05) is 26.2 Å². The van der Waals surface area contributed by atoms with Crippen molar-refractivity contribution in [3.63, 3.8) is 0 Å². The minimum Gasteiger partial charge on any atom is -0.478 e. The highest BCUT2D eigenvalue weighted by Gasteiger charge is 2.07. The molecule has 0 saturated carbocycles. The summed E-state index contributed by atoms with van der Waals surface area (Å²) < 4.78 is 5.44. The molecule has 0 radical (unpaired) electrons. The van der Waals surface area contributed by atoms with Crippen molar-refractivity contribution < 1.29 is 14.6 Å². The summed E-state index contributed by atoms with van der Waals surface area (Å²) in [4.78, 5) is 13.1. The Labute approximate surface area is 114 Å². The number of carboxylic acids is 1. The number of hydrogen-bond donors (Lipinski definition) is 2. The van der Waals surface area contributed by atoms with Gasteiger partial charge in [-0.05, 0) is 25.7 Å². The van der Waals surface area contributed by atoms with Gasteiger partial charge in [0.1, 0.15) is 0 Å². The normalized spacial score (nSPS) is 10.9. The highest BCUT2D eigenvalue weighted by Crippen LogP contribution is 2.07. The van der Waals surface area contributed by atoms with Crippen molar-refractivity contribution in [1.29, 1.82) is 0 Å². The van der Waals surface area contributed by atoms with Crippen LogP contribution in [0.4, 0.5) is 0 Å². The van der Waals surface area contributed by atoms with Crippen LogP contribution in [0.15, 0.2) is 24.3 Å². The molecule has 19 heavy (non-hydrogen) atoms. The first-order valence-electron chi connectivity index (χ1n) is 6.35. The number of rotatable bonds is 9. The molecule has 0 amide bonds. The van der Waals surface area contributed by atoms with E-state index in [2.05, 4.69) is 10.2 Å². The summed E-state index contributed by atoms with van der Waals surface area (Å²) in [5.74, 6) is -0.889. The number of likely N-dealkylation sites (N-methyl/N-ethyl adjacent to an activating group) is 1. The molecule has 0 fully saturated rings. The fourth-order valence-electron chi connectivity index (χ4n) is 1.60. The fraction of sp³-hybridized carbons (Fsp3) is 0.500. The van der Waals surface area contributed by atoms with Gasteiger partial charge in [0.2, 0.25) is 0 Å². The first-order chi connectivity index (χ1) is 9.11. The number of ether oxygens (including phenoxy) is 1. The molecule has 1 aromatic carbocycles. The molecule has 0 unspecified atom stereocenters. The number of aromatic carboxylic acids is 1. The van der Waals surface area contributed by atoms with E-state index in [1.54, 1.807) is 12.1 Å². The van der Waals surface area contributed by atoms with Crippen LogP contribution in [0.25, 0.3) is 0 Å². The molecule has 2 N–H and O–H groups in total. The standard InChI is InChI=1S/C14H22N2O3/c1-16(2)8-10-19-9-7-15-11-12-5-3-4-6-13(12)14(17)18/h3-6,15H,7-11H2,1-2H3,(H,17,18). The lowest BCUT2D eigenvalue weighted by molar-refractivity contribution is 0.0695. The van der Waals surface area contributed by atoms with Gasteiger partial charge in [-0.1, -0.05) is 18.2 Å². The van der Waals surface area contributed by atoms with Gasteiger partial charge < -0.3 is 20.1 Å². The predicted octanol–water partition coefficient (Wildman–Crippen LogP) is 1.05.